The number of Topliss-reactive ketones (excluding diaryl/α,β-unsaturated/α-hetero) is 1. The van der Waals surface area contributed by atoms with Crippen LogP contribution in [0.15, 0.2) is 0 Å². The number of tetrazole rings is 1. The van der Waals surface area contributed by atoms with Crippen molar-refractivity contribution in [3.05, 3.63) is 5.82 Å². The molecule has 0 amide bonds. The van der Waals surface area contributed by atoms with E-state index < -0.39 is 12.3 Å². The number of rotatable bonds is 4. The average Bonchev–Trinajstić information content (AvgIpc) is 3.30. The molecule has 1 aromatic rings. The summed E-state index contributed by atoms with van der Waals surface area (Å²) in [4.78, 5) is 13.2. The van der Waals surface area contributed by atoms with E-state index in [4.69, 9.17) is 0 Å². The average molecular weight is 419 g/mol. The maximum Gasteiger partial charge on any atom is 0.158 e. The first-order chi connectivity index (χ1) is 14.3. The molecule has 0 radical (unpaired) electrons. The molecule has 6 nitrogen and oxygen atoms in total. The maximum atomic E-state index is 13.4. The fourth-order valence-corrected chi connectivity index (χ4v) is 8.27. The van der Waals surface area contributed by atoms with E-state index in [0.717, 1.165) is 32.1 Å². The molecular formula is C23H35FN4O2. The van der Waals surface area contributed by atoms with Crippen molar-refractivity contribution < 1.29 is 14.3 Å². The van der Waals surface area contributed by atoms with Crippen molar-refractivity contribution in [3.8, 4) is 0 Å². The van der Waals surface area contributed by atoms with Crippen LogP contribution in [0.25, 0.3) is 0 Å². The van der Waals surface area contributed by atoms with Crippen LogP contribution < -0.4 is 0 Å². The molecule has 1 N–H and O–H groups in total. The van der Waals surface area contributed by atoms with Gasteiger partial charge in [0.2, 0.25) is 0 Å². The second kappa shape index (κ2) is 7.35. The summed E-state index contributed by atoms with van der Waals surface area (Å²) in [6.07, 6.45) is 8.95. The largest absolute Gasteiger partial charge is 0.387 e. The minimum Gasteiger partial charge on any atom is -0.387 e. The SMILES string of the molecule is Cc1nnnn1CC(=O)[C@H]1CC[C@H]2[C@@H]3CC[C@@H]4C[C@@](O)(CF)CC[C@@H]4[C@H]3CC[C@]12C. The van der Waals surface area contributed by atoms with Gasteiger partial charge in [0.15, 0.2) is 5.78 Å². The van der Waals surface area contributed by atoms with Crippen LogP contribution >= 0.6 is 0 Å². The summed E-state index contributed by atoms with van der Waals surface area (Å²) in [6.45, 7) is 3.89. The Morgan fingerprint density at radius 1 is 1.13 bits per heavy atom. The number of aliphatic hydroxyl groups is 1. The lowest BCUT2D eigenvalue weighted by Gasteiger charge is -2.56. The number of carbonyl (C=O) groups excluding carboxylic acids is 1. The molecule has 0 aliphatic heterocycles. The zero-order chi connectivity index (χ0) is 21.1. The maximum absolute atomic E-state index is 13.4. The van der Waals surface area contributed by atoms with E-state index in [-0.39, 0.29) is 23.7 Å². The third kappa shape index (κ3) is 3.14. The Labute approximate surface area is 178 Å². The second-order valence-corrected chi connectivity index (χ2v) is 11.1. The standard InChI is InChI=1S/C23H35FN4O2/c1-14-25-26-27-28(14)12-21(29)20-6-5-19-18-4-3-15-11-23(30,13-24)10-8-16(15)17(18)7-9-22(19,20)2/h15-20,30H,3-13H2,1-2H3/t15-,16+,17-,18-,19+,20-,22+,23-/m1/s1. The van der Waals surface area contributed by atoms with Crippen LogP contribution in [0.1, 0.15) is 70.5 Å². The van der Waals surface area contributed by atoms with Crippen molar-refractivity contribution in [1.29, 1.82) is 0 Å². The quantitative estimate of drug-likeness (QED) is 0.809. The number of aryl methyl sites for hydroxylation is 1. The van der Waals surface area contributed by atoms with Crippen LogP contribution in [0.2, 0.25) is 0 Å². The molecule has 166 valence electrons. The molecule has 4 aliphatic carbocycles. The molecule has 0 spiro atoms. The summed E-state index contributed by atoms with van der Waals surface area (Å²) in [7, 11) is 0. The van der Waals surface area contributed by atoms with Crippen molar-refractivity contribution in [2.45, 2.75) is 83.8 Å². The highest BCUT2D eigenvalue weighted by molar-refractivity contribution is 5.82. The number of carbonyl (C=O) groups is 1. The first-order valence-electron chi connectivity index (χ1n) is 11.9. The predicted octanol–water partition coefficient (Wildman–Crippen LogP) is 3.52. The number of fused-ring (bicyclic) bond motifs is 5. The summed E-state index contributed by atoms with van der Waals surface area (Å²) >= 11 is 0. The Balaban J connectivity index is 1.31. The first-order valence-corrected chi connectivity index (χ1v) is 11.9. The Kier molecular flexibility index (Phi) is 5.03. The Hall–Kier alpha value is -1.37. The van der Waals surface area contributed by atoms with Crippen molar-refractivity contribution >= 4 is 5.78 Å². The minimum atomic E-state index is -1.07. The molecule has 5 rings (SSSR count). The molecule has 1 heterocycles. The highest BCUT2D eigenvalue weighted by Gasteiger charge is 2.59. The van der Waals surface area contributed by atoms with Gasteiger partial charge in [-0.15, -0.1) is 5.10 Å². The zero-order valence-electron chi connectivity index (χ0n) is 18.3. The normalized spacial score (nSPS) is 45.5. The van der Waals surface area contributed by atoms with Crippen LogP contribution in [0.4, 0.5) is 4.39 Å². The number of nitrogens with zero attached hydrogens (tertiary/aromatic N) is 4. The van der Waals surface area contributed by atoms with Gasteiger partial charge in [0, 0.05) is 5.92 Å². The smallest absolute Gasteiger partial charge is 0.158 e. The molecule has 8 atom stereocenters. The Bertz CT molecular complexity index is 815. The molecule has 0 saturated heterocycles. The van der Waals surface area contributed by atoms with E-state index in [0.29, 0.717) is 48.3 Å². The number of aromatic nitrogens is 4. The van der Waals surface area contributed by atoms with Crippen LogP contribution in [-0.2, 0) is 11.3 Å². The summed E-state index contributed by atoms with van der Waals surface area (Å²) in [6, 6.07) is 0. The molecule has 0 aromatic carbocycles. The van der Waals surface area contributed by atoms with Crippen molar-refractivity contribution in [2.24, 2.45) is 40.9 Å². The van der Waals surface area contributed by atoms with Gasteiger partial charge in [-0.25, -0.2) is 9.07 Å². The van der Waals surface area contributed by atoms with Gasteiger partial charge in [-0.1, -0.05) is 6.92 Å². The van der Waals surface area contributed by atoms with Crippen molar-refractivity contribution in [3.63, 3.8) is 0 Å². The lowest BCUT2D eigenvalue weighted by atomic mass is 9.49. The lowest BCUT2D eigenvalue weighted by molar-refractivity contribution is -0.134. The van der Waals surface area contributed by atoms with Gasteiger partial charge >= 0.3 is 0 Å². The fraction of sp³-hybridized carbons (Fsp3) is 0.913. The third-order valence-corrected chi connectivity index (χ3v) is 9.76. The molecule has 4 aliphatic rings. The van der Waals surface area contributed by atoms with Gasteiger partial charge in [-0.3, -0.25) is 4.79 Å². The van der Waals surface area contributed by atoms with Crippen LogP contribution in [-0.4, -0.2) is 43.4 Å². The summed E-state index contributed by atoms with van der Waals surface area (Å²) in [5.74, 6) is 4.20. The number of halogens is 1. The van der Waals surface area contributed by atoms with Crippen molar-refractivity contribution in [2.75, 3.05) is 6.67 Å². The molecule has 1 aromatic heterocycles. The monoisotopic (exact) mass is 418 g/mol. The van der Waals surface area contributed by atoms with Gasteiger partial charge in [0.05, 0.1) is 5.60 Å². The van der Waals surface area contributed by atoms with E-state index in [1.165, 1.54) is 12.8 Å². The van der Waals surface area contributed by atoms with Crippen LogP contribution in [0.3, 0.4) is 0 Å². The van der Waals surface area contributed by atoms with E-state index >= 15 is 0 Å². The predicted molar refractivity (Wildman–Crippen MR) is 109 cm³/mol. The summed E-state index contributed by atoms with van der Waals surface area (Å²) < 4.78 is 15.0. The van der Waals surface area contributed by atoms with E-state index in [9.17, 15) is 14.3 Å². The highest BCUT2D eigenvalue weighted by atomic mass is 19.1. The minimum absolute atomic E-state index is 0.0847. The van der Waals surface area contributed by atoms with Crippen molar-refractivity contribution in [1.82, 2.24) is 20.2 Å². The van der Waals surface area contributed by atoms with E-state index in [2.05, 4.69) is 22.4 Å². The van der Waals surface area contributed by atoms with Gasteiger partial charge in [-0.05, 0) is 110 Å². The Morgan fingerprint density at radius 3 is 2.67 bits per heavy atom. The molecule has 0 bridgehead atoms. The number of hydrogen-bond donors (Lipinski definition) is 1. The molecule has 30 heavy (non-hydrogen) atoms. The molecule has 4 fully saturated rings. The number of ketones is 1. The van der Waals surface area contributed by atoms with E-state index in [1.807, 2.05) is 6.92 Å². The summed E-state index contributed by atoms with van der Waals surface area (Å²) in [5, 5.41) is 22.1. The van der Waals surface area contributed by atoms with Crippen LogP contribution in [0.5, 0.6) is 0 Å². The highest BCUT2D eigenvalue weighted by Crippen LogP contribution is 2.64. The summed E-state index contributed by atoms with van der Waals surface area (Å²) in [5.41, 5.74) is -0.988. The van der Waals surface area contributed by atoms with Gasteiger partial charge < -0.3 is 5.11 Å². The van der Waals surface area contributed by atoms with E-state index in [1.54, 1.807) is 4.68 Å². The first kappa shape index (κ1) is 20.5. The van der Waals surface area contributed by atoms with Gasteiger partial charge in [0.25, 0.3) is 0 Å². The number of hydrogen-bond acceptors (Lipinski definition) is 5. The second-order valence-electron chi connectivity index (χ2n) is 11.1. The fourth-order valence-electron chi connectivity index (χ4n) is 8.27. The van der Waals surface area contributed by atoms with Gasteiger partial charge in [-0.2, -0.15) is 0 Å². The lowest BCUT2D eigenvalue weighted by Crippen LogP contribution is -2.52. The zero-order valence-corrected chi connectivity index (χ0v) is 18.3. The molecule has 0 unspecified atom stereocenters. The van der Waals surface area contributed by atoms with Crippen LogP contribution in [0, 0.1) is 47.8 Å². The van der Waals surface area contributed by atoms with Gasteiger partial charge in [0.1, 0.15) is 19.0 Å². The molecule has 7 heteroatoms. The molecule has 4 saturated carbocycles. The number of alkyl halides is 1. The molecular weight excluding hydrogens is 383 g/mol. The Morgan fingerprint density at radius 2 is 1.93 bits per heavy atom. The topological polar surface area (TPSA) is 80.9 Å². The third-order valence-electron chi connectivity index (χ3n) is 9.76.